The summed E-state index contributed by atoms with van der Waals surface area (Å²) in [7, 11) is 0. The first-order valence-corrected chi connectivity index (χ1v) is 13.1. The fourth-order valence-electron chi connectivity index (χ4n) is 5.64. The highest BCUT2D eigenvalue weighted by atomic mass is 16.2. The van der Waals surface area contributed by atoms with E-state index in [2.05, 4.69) is 36.1 Å². The highest BCUT2D eigenvalue weighted by Crippen LogP contribution is 2.24. The van der Waals surface area contributed by atoms with E-state index in [0.29, 0.717) is 11.6 Å². The van der Waals surface area contributed by atoms with E-state index in [1.54, 1.807) is 10.9 Å². The minimum absolute atomic E-state index is 0.0215. The molecule has 0 aliphatic carbocycles. The average molecular weight is 497 g/mol. The molecule has 190 valence electrons. The van der Waals surface area contributed by atoms with Crippen molar-refractivity contribution in [2.45, 2.75) is 19.8 Å². The van der Waals surface area contributed by atoms with Crippen molar-refractivity contribution in [1.29, 1.82) is 0 Å². The van der Waals surface area contributed by atoms with E-state index in [1.807, 2.05) is 60.5 Å². The maximum absolute atomic E-state index is 13.5. The van der Waals surface area contributed by atoms with Gasteiger partial charge in [0.25, 0.3) is 5.91 Å². The summed E-state index contributed by atoms with van der Waals surface area (Å²) in [5.74, 6) is 1.50. The maximum atomic E-state index is 13.5. The predicted molar refractivity (Wildman–Crippen MR) is 143 cm³/mol. The summed E-state index contributed by atoms with van der Waals surface area (Å²) in [6.45, 7) is 8.50. The van der Waals surface area contributed by atoms with Crippen LogP contribution in [0.1, 0.15) is 29.0 Å². The summed E-state index contributed by atoms with van der Waals surface area (Å²) < 4.78 is 1.76. The van der Waals surface area contributed by atoms with Crippen LogP contribution in [-0.2, 0) is 0 Å². The molecular weight excluding hydrogens is 464 g/mol. The summed E-state index contributed by atoms with van der Waals surface area (Å²) in [4.78, 5) is 29.3. The Labute approximate surface area is 216 Å². The topological polar surface area (TPSA) is 83.3 Å². The van der Waals surface area contributed by atoms with Crippen LogP contribution in [0.2, 0.25) is 0 Å². The van der Waals surface area contributed by atoms with Crippen molar-refractivity contribution in [2.75, 3.05) is 50.7 Å². The van der Waals surface area contributed by atoms with Gasteiger partial charge in [-0.3, -0.25) is 14.7 Å². The summed E-state index contributed by atoms with van der Waals surface area (Å²) in [6, 6.07) is 15.9. The lowest BCUT2D eigenvalue weighted by Crippen LogP contribution is -2.50. The molecule has 2 aliphatic heterocycles. The molecule has 0 radical (unpaired) electrons. The van der Waals surface area contributed by atoms with E-state index in [1.165, 1.54) is 0 Å². The molecule has 0 N–H and O–H groups in total. The third-order valence-corrected chi connectivity index (χ3v) is 7.62. The molecule has 2 aliphatic rings. The summed E-state index contributed by atoms with van der Waals surface area (Å²) >= 11 is 0. The summed E-state index contributed by atoms with van der Waals surface area (Å²) in [5.41, 5.74) is 2.97. The lowest BCUT2D eigenvalue weighted by Gasteiger charge is -2.39. The number of piperazine rings is 1. The molecule has 4 aromatic rings. The van der Waals surface area contributed by atoms with Gasteiger partial charge in [-0.25, -0.2) is 9.67 Å². The molecule has 0 saturated carbocycles. The first-order chi connectivity index (χ1) is 18.2. The maximum Gasteiger partial charge on any atom is 0.276 e. The third kappa shape index (κ3) is 4.79. The second-order valence-corrected chi connectivity index (χ2v) is 10.0. The fourth-order valence-corrected chi connectivity index (χ4v) is 5.64. The number of anilines is 1. The molecule has 1 aromatic carbocycles. The summed E-state index contributed by atoms with van der Waals surface area (Å²) in [6.07, 6.45) is 5.81. The van der Waals surface area contributed by atoms with E-state index in [0.717, 1.165) is 86.8 Å². The number of rotatable bonds is 5. The Hall–Kier alpha value is -3.85. The van der Waals surface area contributed by atoms with Crippen molar-refractivity contribution in [3.05, 3.63) is 72.3 Å². The van der Waals surface area contributed by atoms with Gasteiger partial charge in [0.2, 0.25) is 0 Å². The second kappa shape index (κ2) is 10.3. The predicted octanol–water partition coefficient (Wildman–Crippen LogP) is 3.19. The normalized spacial score (nSPS) is 18.9. The van der Waals surface area contributed by atoms with Crippen LogP contribution >= 0.6 is 0 Å². The third-order valence-electron chi connectivity index (χ3n) is 7.62. The van der Waals surface area contributed by atoms with Crippen LogP contribution in [0.4, 0.5) is 5.82 Å². The second-order valence-electron chi connectivity index (χ2n) is 10.0. The fraction of sp³-hybridized carbons (Fsp3) is 0.393. The van der Waals surface area contributed by atoms with Crippen molar-refractivity contribution in [2.24, 2.45) is 5.92 Å². The standard InChI is InChI=1S/C28H32N8O/c1-21-27(31-32-36(21)25-10-4-9-24-23(25)8-5-13-29-24)28(37)35-14-6-7-22(20-35)19-33-15-17-34(18-16-33)26-11-2-3-12-30-26/h2-5,8-13,22H,6-7,14-20H2,1H3. The molecule has 9 heteroatoms. The number of piperidine rings is 1. The summed E-state index contributed by atoms with van der Waals surface area (Å²) in [5, 5.41) is 9.69. The molecule has 3 aromatic heterocycles. The lowest BCUT2D eigenvalue weighted by molar-refractivity contribution is 0.0630. The number of hydrogen-bond donors (Lipinski definition) is 0. The van der Waals surface area contributed by atoms with Crippen molar-refractivity contribution >= 4 is 22.6 Å². The van der Waals surface area contributed by atoms with Crippen LogP contribution in [0.5, 0.6) is 0 Å². The van der Waals surface area contributed by atoms with Crippen molar-refractivity contribution in [3.63, 3.8) is 0 Å². The van der Waals surface area contributed by atoms with Crippen LogP contribution in [-0.4, -0.2) is 86.5 Å². The molecule has 0 bridgehead atoms. The molecule has 0 spiro atoms. The number of pyridine rings is 2. The zero-order valence-electron chi connectivity index (χ0n) is 21.2. The minimum Gasteiger partial charge on any atom is -0.354 e. The average Bonchev–Trinajstić information content (AvgIpc) is 3.34. The molecule has 9 nitrogen and oxygen atoms in total. The zero-order chi connectivity index (χ0) is 25.2. The number of likely N-dealkylation sites (tertiary alicyclic amines) is 1. The Balaban J connectivity index is 1.11. The van der Waals surface area contributed by atoms with E-state index in [-0.39, 0.29) is 5.91 Å². The van der Waals surface area contributed by atoms with Crippen LogP contribution in [0, 0.1) is 12.8 Å². The highest BCUT2D eigenvalue weighted by molar-refractivity contribution is 5.94. The SMILES string of the molecule is Cc1c(C(=O)N2CCCC(CN3CCN(c4ccccn4)CC3)C2)nnn1-c1cccc2ncccc12. The molecule has 1 unspecified atom stereocenters. The van der Waals surface area contributed by atoms with Crippen LogP contribution in [0.3, 0.4) is 0 Å². The molecule has 2 saturated heterocycles. The quantitative estimate of drug-likeness (QED) is 0.420. The Morgan fingerprint density at radius 2 is 1.81 bits per heavy atom. The van der Waals surface area contributed by atoms with E-state index >= 15 is 0 Å². The lowest BCUT2D eigenvalue weighted by atomic mass is 9.96. The zero-order valence-corrected chi connectivity index (χ0v) is 21.2. The Bertz CT molecular complexity index is 1370. The molecule has 1 amide bonds. The number of hydrogen-bond acceptors (Lipinski definition) is 7. The number of carbonyl (C=O) groups excluding carboxylic acids is 1. The number of fused-ring (bicyclic) bond motifs is 1. The van der Waals surface area contributed by atoms with E-state index in [9.17, 15) is 4.79 Å². The first kappa shape index (κ1) is 23.5. The Kier molecular flexibility index (Phi) is 6.53. The minimum atomic E-state index is -0.0215. The molecular formula is C28H32N8O. The van der Waals surface area contributed by atoms with Crippen molar-refractivity contribution in [3.8, 4) is 5.69 Å². The van der Waals surface area contributed by atoms with Gasteiger partial charge in [0.05, 0.1) is 16.9 Å². The molecule has 6 rings (SSSR count). The van der Waals surface area contributed by atoms with Crippen molar-refractivity contribution in [1.82, 2.24) is 34.8 Å². The Morgan fingerprint density at radius 3 is 2.65 bits per heavy atom. The molecule has 2 fully saturated rings. The van der Waals surface area contributed by atoms with Gasteiger partial charge in [-0.1, -0.05) is 17.3 Å². The smallest absolute Gasteiger partial charge is 0.276 e. The first-order valence-electron chi connectivity index (χ1n) is 13.1. The van der Waals surface area contributed by atoms with Gasteiger partial charge in [-0.05, 0) is 62.1 Å². The monoisotopic (exact) mass is 496 g/mol. The van der Waals surface area contributed by atoms with E-state index < -0.39 is 0 Å². The molecule has 37 heavy (non-hydrogen) atoms. The van der Waals surface area contributed by atoms with Crippen LogP contribution < -0.4 is 4.90 Å². The van der Waals surface area contributed by atoms with Gasteiger partial charge in [-0.2, -0.15) is 0 Å². The van der Waals surface area contributed by atoms with Gasteiger partial charge in [0.15, 0.2) is 5.69 Å². The van der Waals surface area contributed by atoms with Gasteiger partial charge >= 0.3 is 0 Å². The number of nitrogens with zero attached hydrogens (tertiary/aromatic N) is 8. The van der Waals surface area contributed by atoms with Crippen LogP contribution in [0.15, 0.2) is 60.9 Å². The Morgan fingerprint density at radius 1 is 0.946 bits per heavy atom. The number of amides is 1. The number of benzene rings is 1. The van der Waals surface area contributed by atoms with Gasteiger partial charge in [0.1, 0.15) is 5.82 Å². The number of carbonyl (C=O) groups is 1. The molecule has 5 heterocycles. The number of aromatic nitrogens is 5. The highest BCUT2D eigenvalue weighted by Gasteiger charge is 2.30. The van der Waals surface area contributed by atoms with Crippen molar-refractivity contribution < 1.29 is 4.79 Å². The van der Waals surface area contributed by atoms with E-state index in [4.69, 9.17) is 0 Å². The van der Waals surface area contributed by atoms with Gasteiger partial charge in [0, 0.05) is 63.6 Å². The van der Waals surface area contributed by atoms with Gasteiger partial charge < -0.3 is 9.80 Å². The van der Waals surface area contributed by atoms with Gasteiger partial charge in [-0.15, -0.1) is 5.10 Å². The van der Waals surface area contributed by atoms with Crippen LogP contribution in [0.25, 0.3) is 16.6 Å². The largest absolute Gasteiger partial charge is 0.354 e. The molecule has 1 atom stereocenters.